The van der Waals surface area contributed by atoms with Crippen LogP contribution in [0.4, 0.5) is 11.9 Å². The molecule has 120 valence electrons. The van der Waals surface area contributed by atoms with Crippen LogP contribution >= 0.6 is 0 Å². The summed E-state index contributed by atoms with van der Waals surface area (Å²) in [4.78, 5) is 14.5. The standard InChI is InChI=1S/C15H29N5O/c1-4-7-8-9-10-11-12-21-15-18-13(16)17-14(19-15)20(5-2)6-3/h4-12H2,1-3H3,(H2,16,17,18,19). The molecule has 1 rings (SSSR count). The van der Waals surface area contributed by atoms with Crippen molar-refractivity contribution >= 4 is 11.9 Å². The molecule has 1 aromatic heterocycles. The van der Waals surface area contributed by atoms with E-state index in [1.54, 1.807) is 0 Å². The van der Waals surface area contributed by atoms with Crippen molar-refractivity contribution in [3.05, 3.63) is 0 Å². The van der Waals surface area contributed by atoms with Crippen molar-refractivity contribution in [2.24, 2.45) is 0 Å². The third-order valence-electron chi connectivity index (χ3n) is 3.40. The number of nitrogens with two attached hydrogens (primary N) is 1. The highest BCUT2D eigenvalue weighted by atomic mass is 16.5. The molecule has 0 amide bonds. The highest BCUT2D eigenvalue weighted by Crippen LogP contribution is 2.13. The van der Waals surface area contributed by atoms with Gasteiger partial charge < -0.3 is 15.4 Å². The summed E-state index contributed by atoms with van der Waals surface area (Å²) in [6, 6.07) is 0.331. The summed E-state index contributed by atoms with van der Waals surface area (Å²) in [6.45, 7) is 8.63. The average Bonchev–Trinajstić information content (AvgIpc) is 2.47. The number of ether oxygens (including phenoxy) is 1. The Bertz CT molecular complexity index is 396. The molecule has 6 nitrogen and oxygen atoms in total. The summed E-state index contributed by atoms with van der Waals surface area (Å²) < 4.78 is 5.60. The summed E-state index contributed by atoms with van der Waals surface area (Å²) in [5.41, 5.74) is 5.72. The monoisotopic (exact) mass is 295 g/mol. The Morgan fingerprint density at radius 1 is 0.905 bits per heavy atom. The zero-order valence-corrected chi connectivity index (χ0v) is 13.6. The van der Waals surface area contributed by atoms with Gasteiger partial charge in [-0.2, -0.15) is 15.0 Å². The van der Waals surface area contributed by atoms with Crippen LogP contribution in [0, 0.1) is 0 Å². The van der Waals surface area contributed by atoms with Gasteiger partial charge in [-0.05, 0) is 20.3 Å². The van der Waals surface area contributed by atoms with Crippen LogP contribution in [0.25, 0.3) is 0 Å². The topological polar surface area (TPSA) is 77.2 Å². The Morgan fingerprint density at radius 2 is 1.57 bits per heavy atom. The first-order chi connectivity index (χ1) is 10.2. The molecule has 1 aromatic rings. The fourth-order valence-corrected chi connectivity index (χ4v) is 2.12. The molecule has 0 aliphatic rings. The molecule has 0 aliphatic heterocycles. The number of anilines is 2. The van der Waals surface area contributed by atoms with E-state index in [0.29, 0.717) is 18.6 Å². The zero-order chi connectivity index (χ0) is 15.5. The largest absolute Gasteiger partial charge is 0.463 e. The minimum absolute atomic E-state index is 0.213. The number of rotatable bonds is 11. The van der Waals surface area contributed by atoms with E-state index in [2.05, 4.69) is 35.7 Å². The molecule has 0 bridgehead atoms. The van der Waals surface area contributed by atoms with Crippen molar-refractivity contribution in [1.82, 2.24) is 15.0 Å². The average molecular weight is 295 g/mol. The Labute approximate surface area is 128 Å². The van der Waals surface area contributed by atoms with Gasteiger partial charge in [-0.1, -0.05) is 39.0 Å². The SMILES string of the molecule is CCCCCCCCOc1nc(N)nc(N(CC)CC)n1. The quantitative estimate of drug-likeness (QED) is 0.632. The fourth-order valence-electron chi connectivity index (χ4n) is 2.12. The summed E-state index contributed by atoms with van der Waals surface area (Å²) in [5.74, 6) is 0.801. The van der Waals surface area contributed by atoms with Crippen molar-refractivity contribution in [3.63, 3.8) is 0 Å². The molecule has 0 fully saturated rings. The van der Waals surface area contributed by atoms with Crippen LogP contribution in [-0.4, -0.2) is 34.6 Å². The minimum atomic E-state index is 0.213. The number of hydrogen-bond donors (Lipinski definition) is 1. The van der Waals surface area contributed by atoms with E-state index in [1.165, 1.54) is 32.1 Å². The highest BCUT2D eigenvalue weighted by Gasteiger charge is 2.10. The van der Waals surface area contributed by atoms with Gasteiger partial charge in [-0.3, -0.25) is 0 Å². The second kappa shape index (κ2) is 10.2. The zero-order valence-electron chi connectivity index (χ0n) is 13.6. The van der Waals surface area contributed by atoms with Gasteiger partial charge in [0.2, 0.25) is 11.9 Å². The maximum atomic E-state index is 5.72. The van der Waals surface area contributed by atoms with E-state index in [1.807, 2.05) is 4.90 Å². The summed E-state index contributed by atoms with van der Waals surface area (Å²) in [5, 5.41) is 0. The molecule has 6 heteroatoms. The Balaban J connectivity index is 2.41. The maximum absolute atomic E-state index is 5.72. The lowest BCUT2D eigenvalue weighted by Gasteiger charge is -2.18. The van der Waals surface area contributed by atoms with Crippen molar-refractivity contribution < 1.29 is 4.74 Å². The maximum Gasteiger partial charge on any atom is 0.323 e. The Kier molecular flexibility index (Phi) is 8.47. The Hall–Kier alpha value is -1.59. The summed E-state index contributed by atoms with van der Waals surface area (Å²) in [7, 11) is 0. The van der Waals surface area contributed by atoms with Crippen LogP contribution in [0.5, 0.6) is 6.01 Å². The van der Waals surface area contributed by atoms with Crippen LogP contribution in [0.1, 0.15) is 59.3 Å². The van der Waals surface area contributed by atoms with Gasteiger partial charge in [0.15, 0.2) is 0 Å². The number of nitrogens with zero attached hydrogens (tertiary/aromatic N) is 4. The van der Waals surface area contributed by atoms with E-state index in [-0.39, 0.29) is 5.95 Å². The van der Waals surface area contributed by atoms with E-state index < -0.39 is 0 Å². The highest BCUT2D eigenvalue weighted by molar-refractivity contribution is 5.35. The molecular weight excluding hydrogens is 266 g/mol. The molecule has 0 radical (unpaired) electrons. The van der Waals surface area contributed by atoms with Crippen molar-refractivity contribution in [2.75, 3.05) is 30.3 Å². The number of hydrogen-bond acceptors (Lipinski definition) is 6. The van der Waals surface area contributed by atoms with Gasteiger partial charge in [-0.25, -0.2) is 0 Å². The van der Waals surface area contributed by atoms with Crippen LogP contribution in [0.3, 0.4) is 0 Å². The predicted octanol–water partition coefficient (Wildman–Crippen LogP) is 3.04. The van der Waals surface area contributed by atoms with E-state index in [9.17, 15) is 0 Å². The van der Waals surface area contributed by atoms with Crippen molar-refractivity contribution in [2.45, 2.75) is 59.3 Å². The van der Waals surface area contributed by atoms with Crippen molar-refractivity contribution in [3.8, 4) is 6.01 Å². The number of aromatic nitrogens is 3. The molecule has 2 N–H and O–H groups in total. The van der Waals surface area contributed by atoms with Crippen LogP contribution in [0.2, 0.25) is 0 Å². The smallest absolute Gasteiger partial charge is 0.323 e. The normalized spacial score (nSPS) is 10.6. The lowest BCUT2D eigenvalue weighted by molar-refractivity contribution is 0.281. The molecular formula is C15H29N5O. The van der Waals surface area contributed by atoms with E-state index in [0.717, 1.165) is 19.5 Å². The summed E-state index contributed by atoms with van der Waals surface area (Å²) in [6.07, 6.45) is 7.37. The van der Waals surface area contributed by atoms with Gasteiger partial charge in [0.25, 0.3) is 0 Å². The van der Waals surface area contributed by atoms with Gasteiger partial charge in [0.05, 0.1) is 6.61 Å². The van der Waals surface area contributed by atoms with Gasteiger partial charge >= 0.3 is 6.01 Å². The molecule has 1 heterocycles. The first-order valence-electron chi connectivity index (χ1n) is 8.10. The molecule has 21 heavy (non-hydrogen) atoms. The number of unbranched alkanes of at least 4 members (excludes halogenated alkanes) is 5. The molecule has 0 atom stereocenters. The second-order valence-corrected chi connectivity index (χ2v) is 5.06. The van der Waals surface area contributed by atoms with Crippen LogP contribution in [-0.2, 0) is 0 Å². The van der Waals surface area contributed by atoms with E-state index in [4.69, 9.17) is 10.5 Å². The predicted molar refractivity (Wildman–Crippen MR) is 86.7 cm³/mol. The van der Waals surface area contributed by atoms with Gasteiger partial charge in [-0.15, -0.1) is 0 Å². The molecule has 0 saturated carbocycles. The fraction of sp³-hybridized carbons (Fsp3) is 0.800. The summed E-state index contributed by atoms with van der Waals surface area (Å²) >= 11 is 0. The number of nitrogen functional groups attached to an aromatic ring is 1. The van der Waals surface area contributed by atoms with E-state index >= 15 is 0 Å². The third kappa shape index (κ3) is 6.60. The van der Waals surface area contributed by atoms with Crippen molar-refractivity contribution in [1.29, 1.82) is 0 Å². The first kappa shape index (κ1) is 17.5. The molecule has 0 aromatic carbocycles. The third-order valence-corrected chi connectivity index (χ3v) is 3.40. The molecule has 0 aliphatic carbocycles. The lowest BCUT2D eigenvalue weighted by Crippen LogP contribution is -2.25. The van der Waals surface area contributed by atoms with Gasteiger partial charge in [0, 0.05) is 13.1 Å². The van der Waals surface area contributed by atoms with Gasteiger partial charge in [0.1, 0.15) is 0 Å². The van der Waals surface area contributed by atoms with Crippen LogP contribution < -0.4 is 15.4 Å². The minimum Gasteiger partial charge on any atom is -0.463 e. The molecule has 0 saturated heterocycles. The molecule has 0 spiro atoms. The Morgan fingerprint density at radius 3 is 2.24 bits per heavy atom. The first-order valence-corrected chi connectivity index (χ1v) is 8.10. The second-order valence-electron chi connectivity index (χ2n) is 5.06. The lowest BCUT2D eigenvalue weighted by atomic mass is 10.1. The van der Waals surface area contributed by atoms with Crippen LogP contribution in [0.15, 0.2) is 0 Å². The molecule has 0 unspecified atom stereocenters.